The molecule has 0 spiro atoms. The summed E-state index contributed by atoms with van der Waals surface area (Å²) in [7, 11) is 1.44. The highest BCUT2D eigenvalue weighted by molar-refractivity contribution is 6.07. The second-order valence-corrected chi connectivity index (χ2v) is 15.0. The molecule has 1 aromatic carbocycles. The third kappa shape index (κ3) is 8.87. The van der Waals surface area contributed by atoms with E-state index in [4.69, 9.17) is 24.0 Å². The molecule has 14 nitrogen and oxygen atoms in total. The number of hydrogen-bond acceptors (Lipinski definition) is 10. The summed E-state index contributed by atoms with van der Waals surface area (Å²) >= 11 is 0. The van der Waals surface area contributed by atoms with Gasteiger partial charge in [0.15, 0.2) is 17.3 Å². The van der Waals surface area contributed by atoms with Crippen molar-refractivity contribution in [2.24, 2.45) is 5.92 Å². The number of piperazine rings is 1. The van der Waals surface area contributed by atoms with E-state index in [1.165, 1.54) is 23.9 Å². The summed E-state index contributed by atoms with van der Waals surface area (Å²) < 4.78 is 40.4. The van der Waals surface area contributed by atoms with Crippen LogP contribution in [0.15, 0.2) is 23.0 Å². The van der Waals surface area contributed by atoms with Gasteiger partial charge in [-0.1, -0.05) is 19.9 Å². The van der Waals surface area contributed by atoms with Crippen molar-refractivity contribution in [2.75, 3.05) is 64.5 Å². The summed E-state index contributed by atoms with van der Waals surface area (Å²) in [6.07, 6.45) is 0.914. The molecule has 2 amide bonds. The van der Waals surface area contributed by atoms with Crippen molar-refractivity contribution in [1.82, 2.24) is 24.1 Å². The normalized spacial score (nSPS) is 16.3. The van der Waals surface area contributed by atoms with E-state index >= 15 is 0 Å². The maximum absolute atomic E-state index is 14.5. The fourth-order valence-electron chi connectivity index (χ4n) is 6.65. The molecule has 53 heavy (non-hydrogen) atoms. The summed E-state index contributed by atoms with van der Waals surface area (Å²) in [6, 6.07) is 3.93. The molecule has 1 unspecified atom stereocenters. The average Bonchev–Trinajstić information content (AvgIpc) is 3.47. The van der Waals surface area contributed by atoms with E-state index in [1.54, 1.807) is 15.9 Å². The van der Waals surface area contributed by atoms with E-state index in [0.29, 0.717) is 75.6 Å². The molecule has 15 heteroatoms. The van der Waals surface area contributed by atoms with Gasteiger partial charge in [0.25, 0.3) is 11.5 Å². The number of rotatable bonds is 13. The van der Waals surface area contributed by atoms with Crippen LogP contribution < -0.4 is 19.9 Å². The number of aromatic nitrogens is 3. The Balaban J connectivity index is 1.50. The Hall–Kier alpha value is -4.82. The van der Waals surface area contributed by atoms with Crippen molar-refractivity contribution in [3.05, 3.63) is 45.6 Å². The van der Waals surface area contributed by atoms with E-state index in [-0.39, 0.29) is 66.0 Å². The molecule has 5 rings (SSSR count). The first-order valence-corrected chi connectivity index (χ1v) is 18.4. The van der Waals surface area contributed by atoms with E-state index in [2.05, 4.69) is 0 Å². The van der Waals surface area contributed by atoms with Crippen LogP contribution in [-0.4, -0.2) is 107 Å². The Morgan fingerprint density at radius 2 is 1.79 bits per heavy atom. The molecule has 1 saturated heterocycles. The fraction of sp³-hybridized carbons (Fsp3) is 0.605. The molecule has 2 aliphatic rings. The molecular formula is C38H53FN6O8. The van der Waals surface area contributed by atoms with E-state index in [9.17, 15) is 23.6 Å². The molecule has 0 radical (unpaired) electrons. The third-order valence-electron chi connectivity index (χ3n) is 9.23. The average molecular weight is 741 g/mol. The molecule has 0 N–H and O–H groups in total. The Labute approximate surface area is 309 Å². The number of ether oxygens (including phenoxy) is 4. The van der Waals surface area contributed by atoms with E-state index in [1.807, 2.05) is 57.9 Å². The number of carbonyl (C=O) groups excluding carboxylic acids is 3. The Bertz CT molecular complexity index is 1870. The van der Waals surface area contributed by atoms with Crippen LogP contribution >= 0.6 is 0 Å². The lowest BCUT2D eigenvalue weighted by Crippen LogP contribution is -2.50. The number of benzene rings is 1. The molecule has 0 bridgehead atoms. The van der Waals surface area contributed by atoms with Crippen LogP contribution in [0.25, 0.3) is 10.9 Å². The molecule has 4 heterocycles. The third-order valence-corrected chi connectivity index (χ3v) is 9.23. The standard InChI is InChI=1S/C38H53FN6O8/c1-9-41-21-25(4)45-31-30(33(50-8)32(45)36(41)48)35(47)44(40-34(31)42-15-17-43(18-16-42)37(49)53-38(5,6)7)22-26-13-14-27(39)20-28(26)51-19-11-10-12-29(46)52-23-24(2)3/h13-14,20,24-25H,9-12,15-19,21-23H2,1-8H3. The highest BCUT2D eigenvalue weighted by atomic mass is 19.1. The van der Waals surface area contributed by atoms with Gasteiger partial charge in [-0.2, -0.15) is 0 Å². The quantitative estimate of drug-likeness (QED) is 0.169. The molecule has 2 aliphatic heterocycles. The lowest BCUT2D eigenvalue weighted by Gasteiger charge is -2.37. The van der Waals surface area contributed by atoms with Gasteiger partial charge in [0.2, 0.25) is 0 Å². The number of amides is 2. The van der Waals surface area contributed by atoms with Gasteiger partial charge >= 0.3 is 12.1 Å². The summed E-state index contributed by atoms with van der Waals surface area (Å²) in [5, 5.41) is 5.14. The van der Waals surface area contributed by atoms with Gasteiger partial charge in [0.05, 0.1) is 26.9 Å². The number of hydrogen-bond donors (Lipinski definition) is 0. The van der Waals surface area contributed by atoms with Gasteiger partial charge in [-0.25, -0.2) is 13.9 Å². The van der Waals surface area contributed by atoms with Gasteiger partial charge < -0.3 is 38.2 Å². The van der Waals surface area contributed by atoms with Gasteiger partial charge in [0, 0.05) is 63.4 Å². The maximum atomic E-state index is 14.5. The molecule has 1 atom stereocenters. The van der Waals surface area contributed by atoms with Crippen molar-refractivity contribution < 1.29 is 37.7 Å². The lowest BCUT2D eigenvalue weighted by molar-refractivity contribution is -0.144. The minimum absolute atomic E-state index is 0.0644. The minimum Gasteiger partial charge on any atom is -0.493 e. The molecule has 0 aliphatic carbocycles. The van der Waals surface area contributed by atoms with Crippen LogP contribution in [0.1, 0.15) is 89.8 Å². The van der Waals surface area contributed by atoms with Gasteiger partial charge in [0.1, 0.15) is 28.1 Å². The Morgan fingerprint density at radius 3 is 2.43 bits per heavy atom. The molecule has 3 aromatic rings. The van der Waals surface area contributed by atoms with Crippen LogP contribution in [0, 0.1) is 11.7 Å². The number of methoxy groups -OCH3 is 1. The van der Waals surface area contributed by atoms with Crippen LogP contribution in [0.5, 0.6) is 11.5 Å². The molecular weight excluding hydrogens is 687 g/mol. The number of fused-ring (bicyclic) bond motifs is 3. The molecule has 0 saturated carbocycles. The zero-order chi connectivity index (χ0) is 38.6. The van der Waals surface area contributed by atoms with Gasteiger partial charge in [-0.15, -0.1) is 5.10 Å². The minimum atomic E-state index is -0.641. The molecule has 2 aromatic heterocycles. The number of esters is 1. The topological polar surface area (TPSA) is 138 Å². The number of carbonyl (C=O) groups is 3. The zero-order valence-electron chi connectivity index (χ0n) is 32.2. The summed E-state index contributed by atoms with van der Waals surface area (Å²) in [5.74, 6) is 0.124. The smallest absolute Gasteiger partial charge is 0.410 e. The van der Waals surface area contributed by atoms with Crippen LogP contribution in [0.2, 0.25) is 0 Å². The van der Waals surface area contributed by atoms with Crippen LogP contribution in [-0.2, 0) is 20.8 Å². The highest BCUT2D eigenvalue weighted by Gasteiger charge is 2.39. The second kappa shape index (κ2) is 16.5. The first-order valence-electron chi connectivity index (χ1n) is 18.4. The van der Waals surface area contributed by atoms with Crippen molar-refractivity contribution in [2.45, 2.75) is 85.9 Å². The van der Waals surface area contributed by atoms with E-state index < -0.39 is 23.1 Å². The predicted molar refractivity (Wildman–Crippen MR) is 197 cm³/mol. The first-order chi connectivity index (χ1) is 25.1. The largest absolute Gasteiger partial charge is 0.493 e. The van der Waals surface area contributed by atoms with Crippen molar-refractivity contribution in [3.8, 4) is 11.5 Å². The Morgan fingerprint density at radius 1 is 1.08 bits per heavy atom. The van der Waals surface area contributed by atoms with Crippen LogP contribution in [0.4, 0.5) is 15.0 Å². The zero-order valence-corrected chi connectivity index (χ0v) is 32.2. The highest BCUT2D eigenvalue weighted by Crippen LogP contribution is 2.41. The molecule has 1 fully saturated rings. The van der Waals surface area contributed by atoms with Crippen molar-refractivity contribution in [1.29, 1.82) is 0 Å². The summed E-state index contributed by atoms with van der Waals surface area (Å²) in [4.78, 5) is 58.6. The number of unbranched alkanes of at least 4 members (excludes halogenated alkanes) is 1. The van der Waals surface area contributed by atoms with Crippen molar-refractivity contribution >= 4 is 34.7 Å². The van der Waals surface area contributed by atoms with Gasteiger partial charge in [-0.3, -0.25) is 14.4 Å². The second-order valence-electron chi connectivity index (χ2n) is 15.0. The lowest BCUT2D eigenvalue weighted by atomic mass is 10.2. The number of anilines is 1. The number of likely N-dealkylation sites (N-methyl/N-ethyl adjacent to an activating group) is 1. The predicted octanol–water partition coefficient (Wildman–Crippen LogP) is 5.24. The fourth-order valence-corrected chi connectivity index (χ4v) is 6.65. The summed E-state index contributed by atoms with van der Waals surface area (Å²) in [5.41, 5.74) is 0.170. The SMILES string of the molecule is CCN1CC(C)n2c(c(OC)c3c(=O)n(Cc4ccc(F)cc4OCCCCC(=O)OCC(C)C)nc(N4CCN(C(=O)OC(C)(C)C)CC4)c32)C1=O. The number of halogens is 1. The number of nitrogens with zero attached hydrogens (tertiary/aromatic N) is 6. The Kier molecular flexibility index (Phi) is 12.2. The van der Waals surface area contributed by atoms with Gasteiger partial charge in [-0.05, 0) is 59.4 Å². The van der Waals surface area contributed by atoms with E-state index in [0.717, 1.165) is 0 Å². The molecule has 290 valence electrons. The summed E-state index contributed by atoms with van der Waals surface area (Å²) in [6.45, 7) is 16.2. The monoisotopic (exact) mass is 740 g/mol. The van der Waals surface area contributed by atoms with Crippen LogP contribution in [0.3, 0.4) is 0 Å². The van der Waals surface area contributed by atoms with Crippen molar-refractivity contribution in [3.63, 3.8) is 0 Å². The first kappa shape index (κ1) is 39.4. The maximum Gasteiger partial charge on any atom is 0.410 e.